The SMILES string of the molecule is C=CC1=C(C)C(Cc2[nH]c([C@H]3CC(=O)c4c3[nH]c(Cc3[nH]c(C=O)c(C)c3CCO)c4C)c(CCC(=O)O)c2C)NC1=O. The Morgan fingerprint density at radius 1 is 0.953 bits per heavy atom. The number of aromatic amines is 3. The number of amides is 1. The highest BCUT2D eigenvalue weighted by Crippen LogP contribution is 2.43. The molecule has 0 saturated carbocycles. The first-order valence-corrected chi connectivity index (χ1v) is 14.6. The number of aliphatic carboxylic acids is 1. The molecule has 10 heteroatoms. The van der Waals surface area contributed by atoms with Crippen molar-refractivity contribution in [2.75, 3.05) is 6.61 Å². The summed E-state index contributed by atoms with van der Waals surface area (Å²) in [6, 6.07) is -0.216. The standard InChI is InChI=1S/C33H38N4O6/c1-6-19-15(2)24(37-33(19)43)12-23-17(4)21(7-8-29(41)42)31(35-23)22-11-28(40)30-18(5)25(36-32(22)30)13-26-20(9-10-38)16(3)27(14-39)34-26/h6,14,22,24,34-36,38H,1,7-13H2,2-5H3,(H,37,43)(H,41,42)/t22-,24?/m1/s1. The number of carbonyl (C=O) groups is 4. The minimum atomic E-state index is -0.902. The Morgan fingerprint density at radius 2 is 1.67 bits per heavy atom. The molecule has 5 rings (SSSR count). The summed E-state index contributed by atoms with van der Waals surface area (Å²) in [4.78, 5) is 59.3. The number of fused-ring (bicyclic) bond motifs is 1. The van der Waals surface area contributed by atoms with E-state index < -0.39 is 5.97 Å². The minimum Gasteiger partial charge on any atom is -0.481 e. The summed E-state index contributed by atoms with van der Waals surface area (Å²) in [5, 5.41) is 22.1. The predicted octanol–water partition coefficient (Wildman–Crippen LogP) is 3.81. The van der Waals surface area contributed by atoms with Crippen LogP contribution in [0.25, 0.3) is 0 Å². The van der Waals surface area contributed by atoms with Crippen LogP contribution in [0.2, 0.25) is 0 Å². The molecule has 0 aromatic carbocycles. The Morgan fingerprint density at radius 3 is 2.30 bits per heavy atom. The number of rotatable bonds is 12. The van der Waals surface area contributed by atoms with Gasteiger partial charge in [-0.1, -0.05) is 12.7 Å². The van der Waals surface area contributed by atoms with Crippen LogP contribution in [-0.2, 0) is 35.3 Å². The zero-order valence-electron chi connectivity index (χ0n) is 25.0. The average Bonchev–Trinajstić information content (AvgIpc) is 3.71. The first-order chi connectivity index (χ1) is 20.5. The monoisotopic (exact) mass is 586 g/mol. The Labute approximate surface area is 249 Å². The van der Waals surface area contributed by atoms with Crippen molar-refractivity contribution >= 4 is 23.9 Å². The highest BCUT2D eigenvalue weighted by atomic mass is 16.4. The highest BCUT2D eigenvalue weighted by Gasteiger charge is 2.38. The fourth-order valence-corrected chi connectivity index (χ4v) is 6.87. The number of hydrogen-bond donors (Lipinski definition) is 6. The first kappa shape index (κ1) is 30.0. The molecule has 3 aromatic heterocycles. The number of hydrogen-bond acceptors (Lipinski definition) is 5. The lowest BCUT2D eigenvalue weighted by Crippen LogP contribution is -2.30. The number of aliphatic hydroxyl groups is 1. The van der Waals surface area contributed by atoms with Gasteiger partial charge < -0.3 is 30.5 Å². The third-order valence-electron chi connectivity index (χ3n) is 9.30. The van der Waals surface area contributed by atoms with Gasteiger partial charge in [0.05, 0.1) is 11.7 Å². The van der Waals surface area contributed by atoms with Gasteiger partial charge in [-0.25, -0.2) is 0 Å². The molecule has 2 aliphatic rings. The summed E-state index contributed by atoms with van der Waals surface area (Å²) < 4.78 is 0. The van der Waals surface area contributed by atoms with Gasteiger partial charge in [-0.3, -0.25) is 19.2 Å². The number of Topliss-reactive ketones (excluding diaryl/α,β-unsaturated/α-hetero) is 1. The van der Waals surface area contributed by atoms with Crippen LogP contribution in [0.15, 0.2) is 23.8 Å². The van der Waals surface area contributed by atoms with Gasteiger partial charge in [0.2, 0.25) is 0 Å². The fourth-order valence-electron chi connectivity index (χ4n) is 6.87. The molecule has 3 aromatic rings. The summed E-state index contributed by atoms with van der Waals surface area (Å²) in [6.45, 7) is 11.3. The normalized spacial score (nSPS) is 18.0. The van der Waals surface area contributed by atoms with Crippen LogP contribution < -0.4 is 5.32 Å². The molecule has 0 fully saturated rings. The predicted molar refractivity (Wildman–Crippen MR) is 161 cm³/mol. The topological polar surface area (TPSA) is 168 Å². The van der Waals surface area contributed by atoms with Gasteiger partial charge in [0.1, 0.15) is 0 Å². The van der Waals surface area contributed by atoms with Crippen LogP contribution in [0.3, 0.4) is 0 Å². The maximum atomic E-state index is 13.4. The zero-order valence-corrected chi connectivity index (χ0v) is 25.0. The van der Waals surface area contributed by atoms with Crippen molar-refractivity contribution in [2.24, 2.45) is 0 Å². The van der Waals surface area contributed by atoms with Crippen molar-refractivity contribution in [1.29, 1.82) is 0 Å². The molecule has 226 valence electrons. The maximum absolute atomic E-state index is 13.4. The lowest BCUT2D eigenvalue weighted by molar-refractivity contribution is -0.137. The van der Waals surface area contributed by atoms with Crippen LogP contribution in [0.4, 0.5) is 0 Å². The lowest BCUT2D eigenvalue weighted by Gasteiger charge is -2.13. The number of carbonyl (C=O) groups excluding carboxylic acids is 3. The molecule has 0 spiro atoms. The van der Waals surface area contributed by atoms with Crippen molar-refractivity contribution in [3.63, 3.8) is 0 Å². The number of H-pyrrole nitrogens is 3. The van der Waals surface area contributed by atoms with Gasteiger partial charge in [-0.05, 0) is 73.9 Å². The van der Waals surface area contributed by atoms with Crippen molar-refractivity contribution in [1.82, 2.24) is 20.3 Å². The van der Waals surface area contributed by atoms with Crippen molar-refractivity contribution in [3.05, 3.63) is 91.3 Å². The van der Waals surface area contributed by atoms with E-state index in [-0.39, 0.29) is 43.1 Å². The number of carboxylic acids is 1. The van der Waals surface area contributed by atoms with Gasteiger partial charge >= 0.3 is 5.97 Å². The summed E-state index contributed by atoms with van der Waals surface area (Å²) >= 11 is 0. The van der Waals surface area contributed by atoms with Crippen LogP contribution in [-0.4, -0.2) is 61.8 Å². The second-order valence-corrected chi connectivity index (χ2v) is 11.6. The van der Waals surface area contributed by atoms with Crippen molar-refractivity contribution in [3.8, 4) is 0 Å². The molecular weight excluding hydrogens is 548 g/mol. The second-order valence-electron chi connectivity index (χ2n) is 11.6. The van der Waals surface area contributed by atoms with Crippen molar-refractivity contribution < 1.29 is 29.4 Å². The molecule has 1 unspecified atom stereocenters. The molecular formula is C33H38N4O6. The average molecular weight is 587 g/mol. The quantitative estimate of drug-likeness (QED) is 0.176. The van der Waals surface area contributed by atoms with E-state index in [1.807, 2.05) is 27.7 Å². The number of ketones is 1. The Balaban J connectivity index is 1.53. The third kappa shape index (κ3) is 5.20. The molecule has 1 amide bonds. The summed E-state index contributed by atoms with van der Waals surface area (Å²) in [7, 11) is 0. The molecule has 1 aliphatic carbocycles. The van der Waals surface area contributed by atoms with E-state index in [1.54, 1.807) is 6.08 Å². The largest absolute Gasteiger partial charge is 0.481 e. The number of nitrogens with one attached hydrogen (secondary N) is 4. The molecule has 4 heterocycles. The Kier molecular flexibility index (Phi) is 8.16. The summed E-state index contributed by atoms with van der Waals surface area (Å²) in [5.41, 5.74) is 11.2. The molecule has 10 nitrogen and oxygen atoms in total. The Bertz CT molecular complexity index is 1700. The van der Waals surface area contributed by atoms with Gasteiger partial charge in [0.25, 0.3) is 5.91 Å². The first-order valence-electron chi connectivity index (χ1n) is 14.6. The highest BCUT2D eigenvalue weighted by molar-refractivity contribution is 6.03. The number of aldehydes is 1. The molecule has 2 atom stereocenters. The second kappa shape index (κ2) is 11.7. The molecule has 6 N–H and O–H groups in total. The van der Waals surface area contributed by atoms with Gasteiger partial charge in [-0.15, -0.1) is 0 Å². The van der Waals surface area contributed by atoms with Crippen LogP contribution >= 0.6 is 0 Å². The summed E-state index contributed by atoms with van der Waals surface area (Å²) in [6.07, 6.45) is 4.20. The Hall–Kier alpha value is -4.44. The van der Waals surface area contributed by atoms with Crippen LogP contribution in [0, 0.1) is 20.8 Å². The minimum absolute atomic E-state index is 0.0160. The van der Waals surface area contributed by atoms with Gasteiger partial charge in [0.15, 0.2) is 12.1 Å². The zero-order chi connectivity index (χ0) is 31.2. The van der Waals surface area contributed by atoms with E-state index in [0.29, 0.717) is 42.5 Å². The molecule has 0 saturated heterocycles. The van der Waals surface area contributed by atoms with Crippen LogP contribution in [0.1, 0.15) is 103 Å². The van der Waals surface area contributed by atoms with E-state index >= 15 is 0 Å². The molecule has 1 aliphatic heterocycles. The number of carboxylic acid groups (broad SMARTS) is 1. The van der Waals surface area contributed by atoms with E-state index in [0.717, 1.165) is 68.1 Å². The molecule has 0 bridgehead atoms. The fraction of sp³-hybridized carbons (Fsp3) is 0.394. The molecule has 43 heavy (non-hydrogen) atoms. The maximum Gasteiger partial charge on any atom is 0.303 e. The van der Waals surface area contributed by atoms with E-state index in [4.69, 9.17) is 0 Å². The number of aromatic nitrogens is 3. The van der Waals surface area contributed by atoms with Gasteiger partial charge in [-0.2, -0.15) is 0 Å². The van der Waals surface area contributed by atoms with Gasteiger partial charge in [0, 0.05) is 77.8 Å². The van der Waals surface area contributed by atoms with Crippen molar-refractivity contribution in [2.45, 2.75) is 78.2 Å². The lowest BCUT2D eigenvalue weighted by atomic mass is 9.94. The third-order valence-corrected chi connectivity index (χ3v) is 9.30. The summed E-state index contributed by atoms with van der Waals surface area (Å²) in [5.74, 6) is -1.35. The number of aliphatic hydroxyl groups excluding tert-OH is 1. The van der Waals surface area contributed by atoms with E-state index in [9.17, 15) is 29.4 Å². The van der Waals surface area contributed by atoms with E-state index in [1.165, 1.54) is 0 Å². The molecule has 0 radical (unpaired) electrons. The van der Waals surface area contributed by atoms with E-state index in [2.05, 4.69) is 26.8 Å². The smallest absolute Gasteiger partial charge is 0.303 e. The van der Waals surface area contributed by atoms with Crippen LogP contribution in [0.5, 0.6) is 0 Å².